The van der Waals surface area contributed by atoms with E-state index in [2.05, 4.69) is 104 Å². The van der Waals surface area contributed by atoms with E-state index in [1.807, 2.05) is 12.1 Å². The Kier molecular flexibility index (Phi) is 7.45. The molecule has 0 heterocycles. The molecule has 144 valence electrons. The van der Waals surface area contributed by atoms with Crippen molar-refractivity contribution in [3.8, 4) is 5.75 Å². The van der Waals surface area contributed by atoms with Crippen LogP contribution in [0.5, 0.6) is 5.75 Å². The van der Waals surface area contributed by atoms with Crippen LogP contribution in [0.3, 0.4) is 0 Å². The number of hydrogen-bond acceptors (Lipinski definition) is 2. The summed E-state index contributed by atoms with van der Waals surface area (Å²) >= 11 is 0. The van der Waals surface area contributed by atoms with Gasteiger partial charge in [0.25, 0.3) is 0 Å². The summed E-state index contributed by atoms with van der Waals surface area (Å²) in [7, 11) is 4.10. The number of hydrogen-bond donors (Lipinski definition) is 0. The summed E-state index contributed by atoms with van der Waals surface area (Å²) in [5.41, 5.74) is 3.89. The maximum Gasteiger partial charge on any atom is 0.119 e. The van der Waals surface area contributed by atoms with E-state index in [0.29, 0.717) is 12.5 Å². The molecule has 0 saturated heterocycles. The molecule has 3 aromatic rings. The second-order valence-electron chi connectivity index (χ2n) is 7.23. The fraction of sp³-hybridized carbons (Fsp3) is 0.231. The number of likely N-dealkylation sites (N-methyl/N-ethyl adjacent to an activating group) is 1. The Morgan fingerprint density at radius 2 is 1.36 bits per heavy atom. The molecule has 0 aliphatic carbocycles. The topological polar surface area (TPSA) is 12.5 Å². The number of rotatable bonds is 9. The Labute approximate surface area is 169 Å². The number of ether oxygens (including phenoxy) is 1. The molecule has 0 atom stereocenters. The summed E-state index contributed by atoms with van der Waals surface area (Å²) in [4.78, 5) is 2.12. The van der Waals surface area contributed by atoms with Gasteiger partial charge in [-0.15, -0.1) is 0 Å². The van der Waals surface area contributed by atoms with Crippen molar-refractivity contribution in [2.45, 2.75) is 12.3 Å². The number of benzene rings is 3. The van der Waals surface area contributed by atoms with Crippen LogP contribution in [-0.4, -0.2) is 32.1 Å². The zero-order valence-corrected chi connectivity index (χ0v) is 16.8. The molecule has 0 spiro atoms. The SMILES string of the molecule is CN(C)CCOc1ccc(C=CCC(c2ccccc2)c2ccccc2)cc1. The van der Waals surface area contributed by atoms with Crippen molar-refractivity contribution in [1.29, 1.82) is 0 Å². The van der Waals surface area contributed by atoms with Gasteiger partial charge in [-0.2, -0.15) is 0 Å². The molecule has 0 fully saturated rings. The smallest absolute Gasteiger partial charge is 0.119 e. The van der Waals surface area contributed by atoms with Gasteiger partial charge < -0.3 is 9.64 Å². The zero-order valence-electron chi connectivity index (χ0n) is 16.8. The molecule has 28 heavy (non-hydrogen) atoms. The first-order chi connectivity index (χ1) is 13.7. The highest BCUT2D eigenvalue weighted by Gasteiger charge is 2.11. The minimum absolute atomic E-state index is 0.368. The third-order valence-electron chi connectivity index (χ3n) is 4.77. The molecular formula is C26H29NO. The van der Waals surface area contributed by atoms with E-state index in [0.717, 1.165) is 18.7 Å². The van der Waals surface area contributed by atoms with E-state index in [9.17, 15) is 0 Å². The third kappa shape index (κ3) is 6.11. The average Bonchev–Trinajstić information content (AvgIpc) is 2.73. The summed E-state index contributed by atoms with van der Waals surface area (Å²) in [5.74, 6) is 1.29. The summed E-state index contributed by atoms with van der Waals surface area (Å²) in [6, 6.07) is 29.8. The van der Waals surface area contributed by atoms with Gasteiger partial charge in [0.1, 0.15) is 12.4 Å². The standard InChI is InChI=1S/C26H29NO/c1-27(2)20-21-28-25-18-16-22(17-19-25)10-9-15-26(23-11-5-3-6-12-23)24-13-7-4-8-14-24/h3-14,16-19,26H,15,20-21H2,1-2H3. The molecule has 3 aromatic carbocycles. The molecule has 0 amide bonds. The quantitative estimate of drug-likeness (QED) is 0.467. The molecule has 0 N–H and O–H groups in total. The van der Waals surface area contributed by atoms with Gasteiger partial charge in [-0.3, -0.25) is 0 Å². The Bertz CT molecular complexity index is 799. The van der Waals surface area contributed by atoms with Crippen molar-refractivity contribution in [3.05, 3.63) is 108 Å². The van der Waals surface area contributed by atoms with Crippen LogP contribution < -0.4 is 4.74 Å². The Hall–Kier alpha value is -2.84. The van der Waals surface area contributed by atoms with Crippen LogP contribution in [0.15, 0.2) is 91.0 Å². The molecule has 0 unspecified atom stereocenters. The van der Waals surface area contributed by atoms with Crippen molar-refractivity contribution < 1.29 is 4.74 Å². The van der Waals surface area contributed by atoms with Crippen LogP contribution in [0.2, 0.25) is 0 Å². The van der Waals surface area contributed by atoms with Gasteiger partial charge in [0.05, 0.1) is 0 Å². The predicted molar refractivity (Wildman–Crippen MR) is 119 cm³/mol. The summed E-state index contributed by atoms with van der Waals surface area (Å²) in [5, 5.41) is 0. The Morgan fingerprint density at radius 1 is 0.786 bits per heavy atom. The third-order valence-corrected chi connectivity index (χ3v) is 4.77. The second-order valence-corrected chi connectivity index (χ2v) is 7.23. The molecule has 0 radical (unpaired) electrons. The minimum atomic E-state index is 0.368. The van der Waals surface area contributed by atoms with E-state index in [4.69, 9.17) is 4.74 Å². The second kappa shape index (κ2) is 10.5. The molecule has 0 aromatic heterocycles. The van der Waals surface area contributed by atoms with E-state index in [-0.39, 0.29) is 0 Å². The zero-order chi connectivity index (χ0) is 19.6. The Balaban J connectivity index is 1.64. The van der Waals surface area contributed by atoms with E-state index < -0.39 is 0 Å². The minimum Gasteiger partial charge on any atom is -0.492 e. The van der Waals surface area contributed by atoms with E-state index in [1.54, 1.807) is 0 Å². The highest BCUT2D eigenvalue weighted by Crippen LogP contribution is 2.28. The van der Waals surface area contributed by atoms with Crippen molar-refractivity contribution in [2.75, 3.05) is 27.2 Å². The van der Waals surface area contributed by atoms with Gasteiger partial charge in [0.2, 0.25) is 0 Å². The van der Waals surface area contributed by atoms with E-state index in [1.165, 1.54) is 16.7 Å². The van der Waals surface area contributed by atoms with Crippen LogP contribution in [0.1, 0.15) is 29.0 Å². The fourth-order valence-electron chi connectivity index (χ4n) is 3.20. The first-order valence-electron chi connectivity index (χ1n) is 9.86. The molecular weight excluding hydrogens is 342 g/mol. The largest absolute Gasteiger partial charge is 0.492 e. The van der Waals surface area contributed by atoms with Crippen LogP contribution in [0, 0.1) is 0 Å². The number of nitrogens with zero attached hydrogens (tertiary/aromatic N) is 1. The normalized spacial score (nSPS) is 11.4. The summed E-state index contributed by atoms with van der Waals surface area (Å²) < 4.78 is 5.76. The van der Waals surface area contributed by atoms with Gasteiger partial charge in [-0.1, -0.05) is 84.9 Å². The van der Waals surface area contributed by atoms with Crippen LogP contribution in [0.25, 0.3) is 6.08 Å². The lowest BCUT2D eigenvalue weighted by Crippen LogP contribution is -2.19. The van der Waals surface area contributed by atoms with Gasteiger partial charge in [0, 0.05) is 12.5 Å². The highest BCUT2D eigenvalue weighted by molar-refractivity contribution is 5.51. The van der Waals surface area contributed by atoms with Crippen LogP contribution in [0.4, 0.5) is 0 Å². The lowest BCUT2D eigenvalue weighted by molar-refractivity contribution is 0.261. The molecule has 3 rings (SSSR count). The molecule has 2 nitrogen and oxygen atoms in total. The van der Waals surface area contributed by atoms with Crippen molar-refractivity contribution >= 4 is 6.08 Å². The predicted octanol–water partition coefficient (Wildman–Crippen LogP) is 5.86. The Morgan fingerprint density at radius 3 is 1.89 bits per heavy atom. The maximum atomic E-state index is 5.76. The fourth-order valence-corrected chi connectivity index (χ4v) is 3.20. The maximum absolute atomic E-state index is 5.76. The molecule has 0 aliphatic rings. The van der Waals surface area contributed by atoms with Gasteiger partial charge in [0.15, 0.2) is 0 Å². The van der Waals surface area contributed by atoms with Gasteiger partial charge in [-0.25, -0.2) is 0 Å². The van der Waals surface area contributed by atoms with Crippen LogP contribution in [-0.2, 0) is 0 Å². The first-order valence-corrected chi connectivity index (χ1v) is 9.86. The average molecular weight is 372 g/mol. The van der Waals surface area contributed by atoms with Crippen molar-refractivity contribution in [3.63, 3.8) is 0 Å². The lowest BCUT2D eigenvalue weighted by Gasteiger charge is -2.16. The number of allylic oxidation sites excluding steroid dienone is 1. The molecule has 0 saturated carbocycles. The van der Waals surface area contributed by atoms with Crippen molar-refractivity contribution in [2.24, 2.45) is 0 Å². The summed E-state index contributed by atoms with van der Waals surface area (Å²) in [6.45, 7) is 1.63. The monoisotopic (exact) mass is 371 g/mol. The molecule has 0 aliphatic heterocycles. The highest BCUT2D eigenvalue weighted by atomic mass is 16.5. The lowest BCUT2D eigenvalue weighted by atomic mass is 9.88. The van der Waals surface area contributed by atoms with E-state index >= 15 is 0 Å². The molecule has 2 heteroatoms. The molecule has 0 bridgehead atoms. The van der Waals surface area contributed by atoms with Gasteiger partial charge in [-0.05, 0) is 49.3 Å². The van der Waals surface area contributed by atoms with Crippen molar-refractivity contribution in [1.82, 2.24) is 4.90 Å². The van der Waals surface area contributed by atoms with Crippen LogP contribution >= 0.6 is 0 Å². The summed E-state index contributed by atoms with van der Waals surface area (Å²) in [6.07, 6.45) is 5.43. The first kappa shape index (κ1) is 19.9. The van der Waals surface area contributed by atoms with Gasteiger partial charge >= 0.3 is 0 Å².